The lowest BCUT2D eigenvalue weighted by atomic mass is 9.80. The van der Waals surface area contributed by atoms with Crippen LogP contribution in [-0.4, -0.2) is 23.8 Å². The molecule has 21 heavy (non-hydrogen) atoms. The van der Waals surface area contributed by atoms with Gasteiger partial charge in [0.25, 0.3) is 0 Å². The molecule has 1 N–H and O–H groups in total. The van der Waals surface area contributed by atoms with E-state index in [1.54, 1.807) is 0 Å². The van der Waals surface area contributed by atoms with E-state index in [2.05, 4.69) is 6.58 Å². The summed E-state index contributed by atoms with van der Waals surface area (Å²) in [5.41, 5.74) is 0.330. The van der Waals surface area contributed by atoms with E-state index < -0.39 is 5.97 Å². The van der Waals surface area contributed by atoms with Gasteiger partial charge in [0.1, 0.15) is 0 Å². The van der Waals surface area contributed by atoms with E-state index >= 15 is 0 Å². The third-order valence-electron chi connectivity index (χ3n) is 6.13. The molecule has 2 bridgehead atoms. The van der Waals surface area contributed by atoms with Crippen LogP contribution in [0.5, 0.6) is 0 Å². The van der Waals surface area contributed by atoms with E-state index in [0.29, 0.717) is 18.1 Å². The van der Waals surface area contributed by atoms with E-state index in [-0.39, 0.29) is 0 Å². The molecule has 0 aromatic rings. The number of unbranched alkanes of at least 4 members (excludes halogenated alkanes) is 2. The summed E-state index contributed by atoms with van der Waals surface area (Å²) >= 11 is 0. The number of hydrogen-bond donors (Lipinski definition) is 1. The van der Waals surface area contributed by atoms with Crippen molar-refractivity contribution < 1.29 is 14.6 Å². The number of fused-ring (bicyclic) bond motifs is 5. The molecule has 3 heteroatoms. The van der Waals surface area contributed by atoms with Gasteiger partial charge in [-0.05, 0) is 68.6 Å². The molecule has 0 aliphatic heterocycles. The summed E-state index contributed by atoms with van der Waals surface area (Å²) in [6.07, 6.45) is 11.2. The van der Waals surface area contributed by atoms with Gasteiger partial charge in [0.2, 0.25) is 0 Å². The monoisotopic (exact) mass is 292 g/mol. The highest BCUT2D eigenvalue weighted by Crippen LogP contribution is 2.59. The maximum Gasteiger partial charge on any atom is 0.330 e. The molecule has 118 valence electrons. The molecule has 5 unspecified atom stereocenters. The van der Waals surface area contributed by atoms with Crippen LogP contribution in [0.2, 0.25) is 0 Å². The lowest BCUT2D eigenvalue weighted by Crippen LogP contribution is -2.30. The smallest absolute Gasteiger partial charge is 0.330 e. The van der Waals surface area contributed by atoms with Crippen LogP contribution in [-0.2, 0) is 9.53 Å². The first-order chi connectivity index (χ1) is 10.2. The number of carboxylic acids is 1. The average Bonchev–Trinajstić information content (AvgIpc) is 3.13. The molecule has 3 saturated carbocycles. The van der Waals surface area contributed by atoms with Gasteiger partial charge in [0.05, 0.1) is 6.10 Å². The van der Waals surface area contributed by atoms with Crippen molar-refractivity contribution in [3.63, 3.8) is 0 Å². The van der Waals surface area contributed by atoms with Gasteiger partial charge in [-0.15, -0.1) is 0 Å². The van der Waals surface area contributed by atoms with Crippen molar-refractivity contribution in [1.29, 1.82) is 0 Å². The van der Waals surface area contributed by atoms with Gasteiger partial charge in [-0.2, -0.15) is 0 Å². The Hall–Kier alpha value is -0.830. The molecule has 5 atom stereocenters. The highest BCUT2D eigenvalue weighted by atomic mass is 16.5. The fourth-order valence-corrected chi connectivity index (χ4v) is 5.16. The topological polar surface area (TPSA) is 46.5 Å². The zero-order valence-electron chi connectivity index (χ0n) is 12.9. The van der Waals surface area contributed by atoms with Gasteiger partial charge in [0, 0.05) is 12.2 Å². The summed E-state index contributed by atoms with van der Waals surface area (Å²) in [7, 11) is 0. The molecular formula is C18H28O3. The van der Waals surface area contributed by atoms with Crippen LogP contribution in [0.1, 0.15) is 57.8 Å². The maximum absolute atomic E-state index is 10.6. The summed E-state index contributed by atoms with van der Waals surface area (Å²) in [4.78, 5) is 10.6. The highest BCUT2D eigenvalue weighted by Gasteiger charge is 2.54. The second-order valence-electron chi connectivity index (χ2n) is 7.28. The van der Waals surface area contributed by atoms with E-state index in [1.807, 2.05) is 0 Å². The van der Waals surface area contributed by atoms with Crippen LogP contribution < -0.4 is 0 Å². The molecule has 0 saturated heterocycles. The van der Waals surface area contributed by atoms with Crippen LogP contribution in [0.15, 0.2) is 12.2 Å². The SMILES string of the molecule is C=C(CCCCCOC1CC2CC1C1CCCC21)C(=O)O. The summed E-state index contributed by atoms with van der Waals surface area (Å²) < 4.78 is 6.16. The standard InChI is InChI=1S/C18H28O3/c1-12(18(19)20)6-3-2-4-9-21-17-11-13-10-16(17)15-8-5-7-14(13)15/h13-17H,1-11H2,(H,19,20). The Morgan fingerprint density at radius 2 is 1.90 bits per heavy atom. The summed E-state index contributed by atoms with van der Waals surface area (Å²) in [6.45, 7) is 4.41. The lowest BCUT2D eigenvalue weighted by molar-refractivity contribution is -0.132. The minimum absolute atomic E-state index is 0.330. The predicted molar refractivity (Wildman–Crippen MR) is 82.0 cm³/mol. The molecule has 0 spiro atoms. The molecule has 0 radical (unpaired) electrons. The van der Waals surface area contributed by atoms with Crippen LogP contribution in [0.3, 0.4) is 0 Å². The van der Waals surface area contributed by atoms with Crippen LogP contribution in [0, 0.1) is 23.7 Å². The minimum Gasteiger partial charge on any atom is -0.478 e. The Labute approximate surface area is 127 Å². The first-order valence-corrected chi connectivity index (χ1v) is 8.69. The minimum atomic E-state index is -0.862. The lowest BCUT2D eigenvalue weighted by Gasteiger charge is -2.31. The van der Waals surface area contributed by atoms with Gasteiger partial charge >= 0.3 is 5.97 Å². The second kappa shape index (κ2) is 6.51. The Kier molecular flexibility index (Phi) is 4.68. The molecule has 3 aliphatic rings. The normalized spacial score (nSPS) is 36.9. The molecule has 3 fully saturated rings. The zero-order valence-corrected chi connectivity index (χ0v) is 12.9. The van der Waals surface area contributed by atoms with Gasteiger partial charge in [0.15, 0.2) is 0 Å². The first kappa shape index (κ1) is 15.1. The van der Waals surface area contributed by atoms with Crippen LogP contribution in [0.4, 0.5) is 0 Å². The molecule has 0 heterocycles. The molecular weight excluding hydrogens is 264 g/mol. The van der Waals surface area contributed by atoms with Gasteiger partial charge < -0.3 is 9.84 Å². The van der Waals surface area contributed by atoms with Crippen molar-refractivity contribution >= 4 is 5.97 Å². The number of ether oxygens (including phenoxy) is 1. The number of carboxylic acid groups (broad SMARTS) is 1. The van der Waals surface area contributed by atoms with Gasteiger partial charge in [-0.3, -0.25) is 0 Å². The zero-order chi connectivity index (χ0) is 14.8. The van der Waals surface area contributed by atoms with Gasteiger partial charge in [-0.25, -0.2) is 4.79 Å². The summed E-state index contributed by atoms with van der Waals surface area (Å²) in [5, 5.41) is 8.74. The van der Waals surface area contributed by atoms with Crippen molar-refractivity contribution in [2.75, 3.05) is 6.61 Å². The van der Waals surface area contributed by atoms with E-state index in [4.69, 9.17) is 9.84 Å². The Balaban J connectivity index is 1.29. The molecule has 3 nitrogen and oxygen atoms in total. The highest BCUT2D eigenvalue weighted by molar-refractivity contribution is 5.85. The van der Waals surface area contributed by atoms with Crippen LogP contribution in [0.25, 0.3) is 0 Å². The van der Waals surface area contributed by atoms with Crippen molar-refractivity contribution in [2.45, 2.75) is 63.9 Å². The number of carbonyl (C=O) groups is 1. The van der Waals surface area contributed by atoms with Crippen molar-refractivity contribution in [2.24, 2.45) is 23.7 Å². The average molecular weight is 292 g/mol. The van der Waals surface area contributed by atoms with Crippen LogP contribution >= 0.6 is 0 Å². The Bertz CT molecular complexity index is 403. The number of hydrogen-bond acceptors (Lipinski definition) is 2. The van der Waals surface area contributed by atoms with E-state index in [9.17, 15) is 4.79 Å². The Morgan fingerprint density at radius 3 is 2.71 bits per heavy atom. The maximum atomic E-state index is 10.6. The molecule has 0 aromatic heterocycles. The third kappa shape index (κ3) is 3.18. The molecule has 3 rings (SSSR count). The van der Waals surface area contributed by atoms with E-state index in [1.165, 1.54) is 32.1 Å². The molecule has 3 aliphatic carbocycles. The van der Waals surface area contributed by atoms with Crippen molar-refractivity contribution in [3.05, 3.63) is 12.2 Å². The predicted octanol–water partition coefficient (Wildman–Crippen LogP) is 4.03. The largest absolute Gasteiger partial charge is 0.478 e. The van der Waals surface area contributed by atoms with Gasteiger partial charge in [-0.1, -0.05) is 19.4 Å². The second-order valence-corrected chi connectivity index (χ2v) is 7.28. The Morgan fingerprint density at radius 1 is 1.10 bits per heavy atom. The van der Waals surface area contributed by atoms with Crippen molar-refractivity contribution in [1.82, 2.24) is 0 Å². The quantitative estimate of drug-likeness (QED) is 0.543. The van der Waals surface area contributed by atoms with E-state index in [0.717, 1.165) is 49.5 Å². The fourth-order valence-electron chi connectivity index (χ4n) is 5.16. The van der Waals surface area contributed by atoms with Crippen molar-refractivity contribution in [3.8, 4) is 0 Å². The fraction of sp³-hybridized carbons (Fsp3) is 0.833. The summed E-state index contributed by atoms with van der Waals surface area (Å²) in [6, 6.07) is 0. The first-order valence-electron chi connectivity index (χ1n) is 8.69. The number of rotatable bonds is 8. The number of aliphatic carboxylic acids is 1. The third-order valence-corrected chi connectivity index (χ3v) is 6.13. The molecule has 0 aromatic carbocycles. The molecule has 0 amide bonds. The summed E-state index contributed by atoms with van der Waals surface area (Å²) in [5.74, 6) is 2.98.